The second kappa shape index (κ2) is 8.96. The largest absolute Gasteiger partial charge is 0.496 e. The first-order valence-electron chi connectivity index (χ1n) is 9.61. The van der Waals surface area contributed by atoms with E-state index in [1.54, 1.807) is 7.11 Å². The van der Waals surface area contributed by atoms with Crippen LogP contribution in [0.15, 0.2) is 23.2 Å². The van der Waals surface area contributed by atoms with Gasteiger partial charge in [0.25, 0.3) is 0 Å². The number of methoxy groups -OCH3 is 1. The summed E-state index contributed by atoms with van der Waals surface area (Å²) < 4.78 is 11.3. The molecule has 0 radical (unpaired) electrons. The molecule has 0 unspecified atom stereocenters. The first kappa shape index (κ1) is 19.3. The normalized spacial score (nSPS) is 21.3. The second-order valence-electron chi connectivity index (χ2n) is 7.31. The minimum absolute atomic E-state index is 0.148. The quantitative estimate of drug-likeness (QED) is 0.641. The molecule has 1 aromatic carbocycles. The fourth-order valence-electron chi connectivity index (χ4n) is 4.00. The molecule has 2 heterocycles. The molecule has 0 aromatic heterocycles. The Bertz CT molecular complexity index is 621. The molecule has 5 nitrogen and oxygen atoms in total. The third-order valence-corrected chi connectivity index (χ3v) is 5.89. The number of ether oxygens (including phenoxy) is 2. The van der Waals surface area contributed by atoms with Crippen molar-refractivity contribution < 1.29 is 9.47 Å². The van der Waals surface area contributed by atoms with E-state index in [1.807, 2.05) is 18.2 Å². The molecule has 2 fully saturated rings. The molecule has 1 aromatic rings. The summed E-state index contributed by atoms with van der Waals surface area (Å²) >= 11 is 6.30. The molecule has 6 heteroatoms. The maximum Gasteiger partial charge on any atom is 0.191 e. The molecule has 0 bridgehead atoms. The third kappa shape index (κ3) is 4.44. The van der Waals surface area contributed by atoms with Crippen molar-refractivity contribution in [2.75, 3.05) is 40.0 Å². The van der Waals surface area contributed by atoms with E-state index in [4.69, 9.17) is 31.8 Å². The maximum atomic E-state index is 6.36. The first-order valence-corrected chi connectivity index (χ1v) is 9.99. The van der Waals surface area contributed by atoms with Gasteiger partial charge >= 0.3 is 0 Å². The Morgan fingerprint density at radius 3 is 2.58 bits per heavy atom. The topological polar surface area (TPSA) is 60.1 Å². The fourth-order valence-corrected chi connectivity index (χ4v) is 4.17. The van der Waals surface area contributed by atoms with Crippen molar-refractivity contribution in [1.29, 1.82) is 0 Å². The summed E-state index contributed by atoms with van der Waals surface area (Å²) in [6.07, 6.45) is 6.73. The Labute approximate surface area is 161 Å². The highest BCUT2D eigenvalue weighted by Gasteiger charge is 2.37. The van der Waals surface area contributed by atoms with Crippen LogP contribution in [0.3, 0.4) is 0 Å². The molecule has 26 heavy (non-hydrogen) atoms. The van der Waals surface area contributed by atoms with Crippen molar-refractivity contribution in [3.8, 4) is 5.75 Å². The Morgan fingerprint density at radius 1 is 1.23 bits per heavy atom. The zero-order valence-electron chi connectivity index (χ0n) is 15.7. The summed E-state index contributed by atoms with van der Waals surface area (Å²) in [6.45, 7) is 4.08. The van der Waals surface area contributed by atoms with Crippen LogP contribution in [0.2, 0.25) is 5.02 Å². The maximum absolute atomic E-state index is 6.36. The summed E-state index contributed by atoms with van der Waals surface area (Å²) in [5.74, 6) is 1.53. The third-order valence-electron chi connectivity index (χ3n) is 5.66. The van der Waals surface area contributed by atoms with E-state index < -0.39 is 0 Å². The zero-order valence-corrected chi connectivity index (χ0v) is 16.4. The lowest BCUT2D eigenvalue weighted by Gasteiger charge is -2.37. The molecular weight excluding hydrogens is 350 g/mol. The predicted octanol–water partition coefficient (Wildman–Crippen LogP) is 3.59. The van der Waals surface area contributed by atoms with E-state index in [0.717, 1.165) is 55.5 Å². The van der Waals surface area contributed by atoms with Gasteiger partial charge in [-0.05, 0) is 43.9 Å². The fraction of sp³-hybridized carbons (Fsp3) is 0.650. The standard InChI is InChI=1S/C20H30ClN3O2/c1-25-18-7-6-16(21)14-17(18)20(8-12-26-13-9-20)15-23-19(22)24-10-4-2-3-5-11-24/h6-7,14H,2-5,8-13,15H2,1H3,(H2,22,23). The molecule has 0 spiro atoms. The Hall–Kier alpha value is -1.46. The van der Waals surface area contributed by atoms with E-state index in [1.165, 1.54) is 25.7 Å². The van der Waals surface area contributed by atoms with Gasteiger partial charge in [-0.1, -0.05) is 24.4 Å². The highest BCUT2D eigenvalue weighted by atomic mass is 35.5. The van der Waals surface area contributed by atoms with E-state index in [9.17, 15) is 0 Å². The minimum atomic E-state index is -0.148. The summed E-state index contributed by atoms with van der Waals surface area (Å²) in [5.41, 5.74) is 7.33. The lowest BCUT2D eigenvalue weighted by Crippen LogP contribution is -2.41. The van der Waals surface area contributed by atoms with Crippen LogP contribution in [0, 0.1) is 0 Å². The molecule has 0 aliphatic carbocycles. The van der Waals surface area contributed by atoms with Gasteiger partial charge in [-0.15, -0.1) is 0 Å². The van der Waals surface area contributed by atoms with Crippen LogP contribution in [0.4, 0.5) is 0 Å². The van der Waals surface area contributed by atoms with Crippen LogP contribution >= 0.6 is 11.6 Å². The number of aliphatic imine (C=N–C) groups is 1. The minimum Gasteiger partial charge on any atom is -0.496 e. The summed E-state index contributed by atoms with van der Waals surface area (Å²) in [4.78, 5) is 7.06. The SMILES string of the molecule is COc1ccc(Cl)cc1C1(CN=C(N)N2CCCCCC2)CCOCC1. The number of halogens is 1. The Morgan fingerprint density at radius 2 is 1.92 bits per heavy atom. The van der Waals surface area contributed by atoms with Crippen molar-refractivity contribution in [1.82, 2.24) is 4.90 Å². The van der Waals surface area contributed by atoms with Crippen LogP contribution < -0.4 is 10.5 Å². The second-order valence-corrected chi connectivity index (χ2v) is 7.75. The summed E-state index contributed by atoms with van der Waals surface area (Å²) in [6, 6.07) is 5.83. The van der Waals surface area contributed by atoms with Crippen LogP contribution in [-0.2, 0) is 10.2 Å². The lowest BCUT2D eigenvalue weighted by atomic mass is 9.73. The average Bonchev–Trinajstić information content (AvgIpc) is 2.96. The number of hydrogen-bond acceptors (Lipinski definition) is 3. The van der Waals surface area contributed by atoms with Gasteiger partial charge in [-0.25, -0.2) is 0 Å². The van der Waals surface area contributed by atoms with Gasteiger partial charge in [0.15, 0.2) is 5.96 Å². The van der Waals surface area contributed by atoms with Crippen LogP contribution in [0.25, 0.3) is 0 Å². The molecular formula is C20H30ClN3O2. The van der Waals surface area contributed by atoms with Crippen molar-refractivity contribution in [2.24, 2.45) is 10.7 Å². The zero-order chi connectivity index (χ0) is 18.4. The molecule has 144 valence electrons. The predicted molar refractivity (Wildman–Crippen MR) is 106 cm³/mol. The van der Waals surface area contributed by atoms with E-state index >= 15 is 0 Å². The number of nitrogens with zero attached hydrogens (tertiary/aromatic N) is 2. The highest BCUT2D eigenvalue weighted by molar-refractivity contribution is 6.30. The van der Waals surface area contributed by atoms with E-state index in [-0.39, 0.29) is 5.41 Å². The smallest absolute Gasteiger partial charge is 0.191 e. The molecule has 0 saturated carbocycles. The first-order chi connectivity index (χ1) is 12.6. The van der Waals surface area contributed by atoms with Gasteiger partial charge in [0.1, 0.15) is 5.75 Å². The van der Waals surface area contributed by atoms with Crippen molar-refractivity contribution in [2.45, 2.75) is 43.9 Å². The summed E-state index contributed by atoms with van der Waals surface area (Å²) in [7, 11) is 1.70. The van der Waals surface area contributed by atoms with Crippen LogP contribution in [0.1, 0.15) is 44.1 Å². The van der Waals surface area contributed by atoms with Crippen molar-refractivity contribution in [3.05, 3.63) is 28.8 Å². The van der Waals surface area contributed by atoms with Gasteiger partial charge in [-0.2, -0.15) is 0 Å². The molecule has 2 aliphatic heterocycles. The highest BCUT2D eigenvalue weighted by Crippen LogP contribution is 2.41. The number of hydrogen-bond donors (Lipinski definition) is 1. The number of nitrogens with two attached hydrogens (primary N) is 1. The molecule has 2 N–H and O–H groups in total. The van der Waals surface area contributed by atoms with Gasteiger partial charge in [-0.3, -0.25) is 4.99 Å². The molecule has 0 atom stereocenters. The molecule has 0 amide bonds. The van der Waals surface area contributed by atoms with Gasteiger partial charge in [0, 0.05) is 42.3 Å². The molecule has 3 rings (SSSR count). The molecule has 2 saturated heterocycles. The van der Waals surface area contributed by atoms with Gasteiger partial charge in [0.2, 0.25) is 0 Å². The lowest BCUT2D eigenvalue weighted by molar-refractivity contribution is 0.0522. The number of likely N-dealkylation sites (tertiary alicyclic amines) is 1. The Balaban J connectivity index is 1.86. The van der Waals surface area contributed by atoms with E-state index in [2.05, 4.69) is 4.90 Å². The van der Waals surface area contributed by atoms with Crippen molar-refractivity contribution in [3.63, 3.8) is 0 Å². The summed E-state index contributed by atoms with van der Waals surface area (Å²) in [5, 5.41) is 0.719. The van der Waals surface area contributed by atoms with E-state index in [0.29, 0.717) is 12.5 Å². The van der Waals surface area contributed by atoms with Gasteiger partial charge in [0.05, 0.1) is 13.7 Å². The van der Waals surface area contributed by atoms with Crippen molar-refractivity contribution >= 4 is 17.6 Å². The Kier molecular flexibility index (Phi) is 6.65. The van der Waals surface area contributed by atoms with Crippen LogP contribution in [-0.4, -0.2) is 50.8 Å². The monoisotopic (exact) mass is 379 g/mol. The number of rotatable bonds is 4. The van der Waals surface area contributed by atoms with Gasteiger partial charge < -0.3 is 20.1 Å². The molecule has 2 aliphatic rings. The number of guanidine groups is 1. The average molecular weight is 380 g/mol. The number of benzene rings is 1. The van der Waals surface area contributed by atoms with Crippen LogP contribution in [0.5, 0.6) is 5.75 Å².